The molecule has 0 fully saturated rings. The standard InChI is InChI=1S/C11H16/c1-8-6-10(3)11(4,5)7-9(8)2/h6-7H,1H2,2-5H3. The van der Waals surface area contributed by atoms with Gasteiger partial charge >= 0.3 is 0 Å². The molecule has 0 atom stereocenters. The Labute approximate surface area is 69.3 Å². The van der Waals surface area contributed by atoms with Crippen molar-refractivity contribution in [2.45, 2.75) is 27.7 Å². The van der Waals surface area contributed by atoms with E-state index in [-0.39, 0.29) is 5.41 Å². The van der Waals surface area contributed by atoms with Crippen molar-refractivity contribution in [3.63, 3.8) is 0 Å². The topological polar surface area (TPSA) is 0 Å². The van der Waals surface area contributed by atoms with Crippen molar-refractivity contribution in [1.29, 1.82) is 0 Å². The molecule has 0 N–H and O–H groups in total. The minimum absolute atomic E-state index is 0.227. The summed E-state index contributed by atoms with van der Waals surface area (Å²) in [5.74, 6) is 0. The van der Waals surface area contributed by atoms with E-state index >= 15 is 0 Å². The van der Waals surface area contributed by atoms with Gasteiger partial charge in [-0.3, -0.25) is 0 Å². The van der Waals surface area contributed by atoms with E-state index in [2.05, 4.69) is 46.4 Å². The van der Waals surface area contributed by atoms with Crippen LogP contribution in [0.3, 0.4) is 0 Å². The number of allylic oxidation sites excluding steroid dienone is 5. The van der Waals surface area contributed by atoms with Crippen molar-refractivity contribution in [3.05, 3.63) is 35.5 Å². The number of hydrogen-bond donors (Lipinski definition) is 0. The Balaban J connectivity index is 3.08. The van der Waals surface area contributed by atoms with Crippen LogP contribution in [0.4, 0.5) is 0 Å². The monoisotopic (exact) mass is 148 g/mol. The van der Waals surface area contributed by atoms with E-state index in [4.69, 9.17) is 0 Å². The third kappa shape index (κ3) is 1.45. The predicted molar refractivity (Wildman–Crippen MR) is 50.4 cm³/mol. The quantitative estimate of drug-likeness (QED) is 0.493. The van der Waals surface area contributed by atoms with Crippen LogP contribution in [-0.4, -0.2) is 0 Å². The van der Waals surface area contributed by atoms with E-state index in [1.54, 1.807) is 0 Å². The van der Waals surface area contributed by atoms with E-state index in [0.717, 1.165) is 5.57 Å². The normalized spacial score (nSPS) is 22.7. The average molecular weight is 148 g/mol. The molecule has 0 unspecified atom stereocenters. The summed E-state index contributed by atoms with van der Waals surface area (Å²) in [5.41, 5.74) is 4.08. The lowest BCUT2D eigenvalue weighted by molar-refractivity contribution is 0.570. The molecule has 0 nitrogen and oxygen atoms in total. The highest BCUT2D eigenvalue weighted by Gasteiger charge is 2.20. The first-order valence-corrected chi connectivity index (χ1v) is 4.01. The first-order chi connectivity index (χ1) is 4.93. The van der Waals surface area contributed by atoms with Gasteiger partial charge in [0.25, 0.3) is 0 Å². The van der Waals surface area contributed by atoms with E-state index in [1.807, 2.05) is 0 Å². The van der Waals surface area contributed by atoms with Crippen molar-refractivity contribution < 1.29 is 0 Å². The summed E-state index contributed by atoms with van der Waals surface area (Å²) in [7, 11) is 0. The van der Waals surface area contributed by atoms with Crippen molar-refractivity contribution >= 4 is 0 Å². The molecule has 0 bridgehead atoms. The average Bonchev–Trinajstić information content (AvgIpc) is 1.83. The summed E-state index contributed by atoms with van der Waals surface area (Å²) < 4.78 is 0. The first kappa shape index (κ1) is 8.32. The zero-order chi connectivity index (χ0) is 8.65. The zero-order valence-corrected chi connectivity index (χ0v) is 7.86. The van der Waals surface area contributed by atoms with E-state index < -0.39 is 0 Å². The van der Waals surface area contributed by atoms with Gasteiger partial charge in [0.2, 0.25) is 0 Å². The van der Waals surface area contributed by atoms with Crippen LogP contribution in [0.5, 0.6) is 0 Å². The van der Waals surface area contributed by atoms with Gasteiger partial charge in [-0.1, -0.05) is 38.2 Å². The molecule has 0 amide bonds. The summed E-state index contributed by atoms with van der Waals surface area (Å²) in [6.45, 7) is 12.7. The molecule has 1 aliphatic rings. The molecule has 0 saturated carbocycles. The second kappa shape index (κ2) is 2.37. The minimum atomic E-state index is 0.227. The maximum Gasteiger partial charge on any atom is 0.00407 e. The highest BCUT2D eigenvalue weighted by molar-refractivity contribution is 5.45. The van der Waals surface area contributed by atoms with Gasteiger partial charge in [-0.2, -0.15) is 0 Å². The lowest BCUT2D eigenvalue weighted by atomic mass is 9.78. The Morgan fingerprint density at radius 2 is 1.82 bits per heavy atom. The molecular formula is C11H16. The van der Waals surface area contributed by atoms with Gasteiger partial charge in [0.1, 0.15) is 0 Å². The summed E-state index contributed by atoms with van der Waals surface area (Å²) in [4.78, 5) is 0. The second-order valence-corrected chi connectivity index (χ2v) is 3.90. The van der Waals surface area contributed by atoms with Crippen LogP contribution < -0.4 is 0 Å². The smallest absolute Gasteiger partial charge is 0.00407 e. The number of hydrogen-bond acceptors (Lipinski definition) is 0. The van der Waals surface area contributed by atoms with Gasteiger partial charge in [-0.05, 0) is 25.0 Å². The maximum atomic E-state index is 3.97. The molecule has 11 heavy (non-hydrogen) atoms. The minimum Gasteiger partial charge on any atom is -0.0915 e. The van der Waals surface area contributed by atoms with Gasteiger partial charge in [0, 0.05) is 5.41 Å². The van der Waals surface area contributed by atoms with Crippen LogP contribution in [0.15, 0.2) is 35.5 Å². The van der Waals surface area contributed by atoms with E-state index in [9.17, 15) is 0 Å². The molecule has 0 aromatic heterocycles. The Bertz CT molecular complexity index is 249. The molecule has 0 heteroatoms. The highest BCUT2D eigenvalue weighted by atomic mass is 14.3. The Hall–Kier alpha value is -0.780. The van der Waals surface area contributed by atoms with Gasteiger partial charge in [-0.15, -0.1) is 0 Å². The summed E-state index contributed by atoms with van der Waals surface area (Å²) >= 11 is 0. The van der Waals surface area contributed by atoms with Crippen LogP contribution in [0.25, 0.3) is 0 Å². The summed E-state index contributed by atoms with van der Waals surface area (Å²) in [6.07, 6.45) is 4.46. The Morgan fingerprint density at radius 1 is 1.27 bits per heavy atom. The van der Waals surface area contributed by atoms with Gasteiger partial charge in [0.05, 0.1) is 0 Å². The fraction of sp³-hybridized carbons (Fsp3) is 0.455. The molecule has 0 aliphatic heterocycles. The maximum absolute atomic E-state index is 3.97. The van der Waals surface area contributed by atoms with Crippen molar-refractivity contribution in [2.24, 2.45) is 5.41 Å². The lowest BCUT2D eigenvalue weighted by Gasteiger charge is -2.27. The van der Waals surface area contributed by atoms with Crippen LogP contribution in [0.2, 0.25) is 0 Å². The molecule has 1 aliphatic carbocycles. The molecular weight excluding hydrogens is 132 g/mol. The molecule has 0 saturated heterocycles. The van der Waals surface area contributed by atoms with Crippen LogP contribution in [0.1, 0.15) is 27.7 Å². The molecule has 1 rings (SSSR count). The summed E-state index contributed by atoms with van der Waals surface area (Å²) in [5, 5.41) is 0. The fourth-order valence-electron chi connectivity index (χ4n) is 1.31. The molecule has 0 radical (unpaired) electrons. The van der Waals surface area contributed by atoms with E-state index in [1.165, 1.54) is 11.1 Å². The Kier molecular flexibility index (Phi) is 1.79. The van der Waals surface area contributed by atoms with Crippen molar-refractivity contribution in [3.8, 4) is 0 Å². The van der Waals surface area contributed by atoms with Gasteiger partial charge in [0.15, 0.2) is 0 Å². The molecule has 0 aromatic carbocycles. The molecule has 0 spiro atoms. The third-order valence-corrected chi connectivity index (χ3v) is 2.49. The first-order valence-electron chi connectivity index (χ1n) is 4.01. The fourth-order valence-corrected chi connectivity index (χ4v) is 1.31. The third-order valence-electron chi connectivity index (χ3n) is 2.49. The number of rotatable bonds is 0. The predicted octanol–water partition coefficient (Wildman–Crippen LogP) is 3.48. The van der Waals surface area contributed by atoms with Gasteiger partial charge < -0.3 is 0 Å². The van der Waals surface area contributed by atoms with Crippen molar-refractivity contribution in [2.75, 3.05) is 0 Å². The van der Waals surface area contributed by atoms with Crippen LogP contribution in [-0.2, 0) is 0 Å². The second-order valence-electron chi connectivity index (χ2n) is 3.90. The lowest BCUT2D eigenvalue weighted by Crippen LogP contribution is -2.13. The van der Waals surface area contributed by atoms with Crippen molar-refractivity contribution in [1.82, 2.24) is 0 Å². The SMILES string of the molecule is C=C1C=C(C)C(C)(C)C=C1C. The van der Waals surface area contributed by atoms with E-state index in [0.29, 0.717) is 0 Å². The highest BCUT2D eigenvalue weighted by Crippen LogP contribution is 2.35. The Morgan fingerprint density at radius 3 is 2.27 bits per heavy atom. The summed E-state index contributed by atoms with van der Waals surface area (Å²) in [6, 6.07) is 0. The van der Waals surface area contributed by atoms with Crippen LogP contribution in [0, 0.1) is 5.41 Å². The molecule has 0 aromatic rings. The van der Waals surface area contributed by atoms with Crippen LogP contribution >= 0.6 is 0 Å². The zero-order valence-electron chi connectivity index (χ0n) is 7.86. The molecule has 60 valence electrons. The van der Waals surface area contributed by atoms with Gasteiger partial charge in [-0.25, -0.2) is 0 Å². The molecule has 0 heterocycles. The largest absolute Gasteiger partial charge is 0.0915 e.